The minimum Gasteiger partial charge on any atom is -0.383 e. The molecule has 32 heavy (non-hydrogen) atoms. The van der Waals surface area contributed by atoms with Crippen LogP contribution in [-0.2, 0) is 17.7 Å². The van der Waals surface area contributed by atoms with Crippen LogP contribution < -0.4 is 16.6 Å². The molecular formula is C25H23N3O4. The summed E-state index contributed by atoms with van der Waals surface area (Å²) in [5.74, 6) is -0.291. The van der Waals surface area contributed by atoms with Gasteiger partial charge < -0.3 is 10.1 Å². The first kappa shape index (κ1) is 20.2. The quantitative estimate of drug-likeness (QED) is 0.651. The second-order valence-corrected chi connectivity index (χ2v) is 7.98. The van der Waals surface area contributed by atoms with Crippen LogP contribution in [-0.4, -0.2) is 29.1 Å². The number of aryl methyl sites for hydroxylation is 1. The number of hydrogen-bond acceptors (Lipinski definition) is 5. The van der Waals surface area contributed by atoms with E-state index < -0.39 is 17.2 Å². The van der Waals surface area contributed by atoms with Crippen molar-refractivity contribution in [1.82, 2.24) is 9.55 Å². The molecule has 2 heterocycles. The summed E-state index contributed by atoms with van der Waals surface area (Å²) < 4.78 is 6.65. The number of allylic oxidation sites excluding steroid dienone is 1. The van der Waals surface area contributed by atoms with Gasteiger partial charge in [-0.2, -0.15) is 0 Å². The summed E-state index contributed by atoms with van der Waals surface area (Å²) in [4.78, 5) is 41.7. The summed E-state index contributed by atoms with van der Waals surface area (Å²) in [7, 11) is 1.56. The highest BCUT2D eigenvalue weighted by Crippen LogP contribution is 2.47. The molecule has 3 aromatic rings. The van der Waals surface area contributed by atoms with Gasteiger partial charge in [-0.1, -0.05) is 55.5 Å². The highest BCUT2D eigenvalue weighted by molar-refractivity contribution is 6.23. The number of aromatic amines is 1. The number of rotatable bonds is 5. The number of hydrogen-bond donors (Lipinski definition) is 2. The summed E-state index contributed by atoms with van der Waals surface area (Å²) >= 11 is 0. The summed E-state index contributed by atoms with van der Waals surface area (Å²) in [6.45, 7) is 2.64. The van der Waals surface area contributed by atoms with Gasteiger partial charge in [0.1, 0.15) is 5.82 Å². The fourth-order valence-corrected chi connectivity index (χ4v) is 4.64. The van der Waals surface area contributed by atoms with Gasteiger partial charge in [-0.3, -0.25) is 19.1 Å². The van der Waals surface area contributed by atoms with E-state index in [0.717, 1.165) is 23.1 Å². The van der Waals surface area contributed by atoms with Gasteiger partial charge >= 0.3 is 5.69 Å². The molecule has 2 aromatic carbocycles. The molecule has 0 radical (unpaired) electrons. The number of methoxy groups -OCH3 is 1. The number of H-pyrrole nitrogens is 1. The molecule has 7 heteroatoms. The zero-order valence-electron chi connectivity index (χ0n) is 17.9. The van der Waals surface area contributed by atoms with Gasteiger partial charge in [0, 0.05) is 29.7 Å². The lowest BCUT2D eigenvalue weighted by atomic mass is 9.81. The third kappa shape index (κ3) is 2.97. The number of aromatic nitrogens is 2. The first-order chi connectivity index (χ1) is 15.5. The maximum atomic E-state index is 13.5. The first-order valence-corrected chi connectivity index (χ1v) is 10.6. The summed E-state index contributed by atoms with van der Waals surface area (Å²) in [5, 5.41) is 3.27. The van der Waals surface area contributed by atoms with Crippen molar-refractivity contribution >= 4 is 17.3 Å². The van der Waals surface area contributed by atoms with Crippen LogP contribution in [0.5, 0.6) is 0 Å². The largest absolute Gasteiger partial charge is 0.383 e. The van der Waals surface area contributed by atoms with E-state index in [0.29, 0.717) is 34.8 Å². The third-order valence-electron chi connectivity index (χ3n) is 6.25. The van der Waals surface area contributed by atoms with Crippen molar-refractivity contribution in [3.8, 4) is 0 Å². The third-order valence-corrected chi connectivity index (χ3v) is 6.25. The smallest absolute Gasteiger partial charge is 0.330 e. The van der Waals surface area contributed by atoms with E-state index in [9.17, 15) is 14.4 Å². The highest BCUT2D eigenvalue weighted by atomic mass is 16.5. The fraction of sp³-hybridized carbons (Fsp3) is 0.240. The van der Waals surface area contributed by atoms with Gasteiger partial charge in [0.05, 0.1) is 24.4 Å². The van der Waals surface area contributed by atoms with Gasteiger partial charge in [-0.15, -0.1) is 0 Å². The lowest BCUT2D eigenvalue weighted by Crippen LogP contribution is -2.38. The van der Waals surface area contributed by atoms with Crippen molar-refractivity contribution in [2.75, 3.05) is 19.0 Å². The SMILES string of the molecule is CCc1ccc(C2C3=C(Nc4c2c(=O)[nH]c(=O)n4CCOC)c2ccccc2C3=O)cc1. The zero-order chi connectivity index (χ0) is 22.4. The molecule has 1 aromatic heterocycles. The Morgan fingerprint density at radius 3 is 2.41 bits per heavy atom. The molecule has 0 saturated heterocycles. The number of ketones is 1. The molecule has 7 nitrogen and oxygen atoms in total. The minimum atomic E-state index is -0.592. The summed E-state index contributed by atoms with van der Waals surface area (Å²) in [5.41, 5.74) is 3.91. The standard InChI is InChI=1S/C25H23N3O4/c1-3-14-8-10-15(11-9-14)18-19-21(16-6-4-5-7-17(16)22(19)29)26-23-20(18)24(30)27-25(31)28(23)12-13-32-2/h4-11,18,26H,3,12-13H2,1-2H3,(H,27,30,31). The predicted octanol–water partition coefficient (Wildman–Crippen LogP) is 2.91. The zero-order valence-corrected chi connectivity index (χ0v) is 17.9. The average molecular weight is 429 g/mol. The Labute approximate surface area is 184 Å². The number of carbonyl (C=O) groups excluding carboxylic acids is 1. The number of fused-ring (bicyclic) bond motifs is 3. The Hall–Kier alpha value is -3.71. The van der Waals surface area contributed by atoms with E-state index >= 15 is 0 Å². The number of ether oxygens (including phenoxy) is 1. The van der Waals surface area contributed by atoms with E-state index in [4.69, 9.17) is 4.74 Å². The molecular weight excluding hydrogens is 406 g/mol. The molecule has 0 spiro atoms. The van der Waals surface area contributed by atoms with Crippen molar-refractivity contribution in [2.24, 2.45) is 0 Å². The molecule has 0 bridgehead atoms. The van der Waals surface area contributed by atoms with Crippen LogP contribution in [0.3, 0.4) is 0 Å². The van der Waals surface area contributed by atoms with Crippen LogP contribution in [0.15, 0.2) is 63.7 Å². The van der Waals surface area contributed by atoms with Crippen molar-refractivity contribution in [3.63, 3.8) is 0 Å². The monoisotopic (exact) mass is 429 g/mol. The lowest BCUT2D eigenvalue weighted by Gasteiger charge is -2.29. The maximum absolute atomic E-state index is 13.5. The molecule has 2 N–H and O–H groups in total. The Morgan fingerprint density at radius 2 is 1.72 bits per heavy atom. The van der Waals surface area contributed by atoms with Crippen molar-refractivity contribution in [2.45, 2.75) is 25.8 Å². The Morgan fingerprint density at radius 1 is 1.00 bits per heavy atom. The fourth-order valence-electron chi connectivity index (χ4n) is 4.64. The molecule has 1 unspecified atom stereocenters. The van der Waals surface area contributed by atoms with Gasteiger partial charge in [0.15, 0.2) is 5.78 Å². The van der Waals surface area contributed by atoms with Gasteiger partial charge in [-0.25, -0.2) is 4.79 Å². The topological polar surface area (TPSA) is 93.2 Å². The molecule has 5 rings (SSSR count). The van der Waals surface area contributed by atoms with E-state index in [1.165, 1.54) is 4.57 Å². The van der Waals surface area contributed by atoms with E-state index in [1.54, 1.807) is 13.2 Å². The normalized spacial score (nSPS) is 16.4. The van der Waals surface area contributed by atoms with Crippen LogP contribution in [0.1, 0.15) is 45.5 Å². The van der Waals surface area contributed by atoms with Crippen LogP contribution >= 0.6 is 0 Å². The number of carbonyl (C=O) groups is 1. The molecule has 162 valence electrons. The van der Waals surface area contributed by atoms with Gasteiger partial charge in [-0.05, 0) is 17.5 Å². The Balaban J connectivity index is 1.80. The number of nitrogens with one attached hydrogen (secondary N) is 2. The van der Waals surface area contributed by atoms with Crippen LogP contribution in [0.2, 0.25) is 0 Å². The van der Waals surface area contributed by atoms with E-state index in [2.05, 4.69) is 17.2 Å². The Bertz CT molecular complexity index is 1380. The first-order valence-electron chi connectivity index (χ1n) is 10.6. The van der Waals surface area contributed by atoms with Gasteiger partial charge in [0.25, 0.3) is 5.56 Å². The molecule has 1 aliphatic heterocycles. The average Bonchev–Trinajstić information content (AvgIpc) is 3.10. The van der Waals surface area contributed by atoms with E-state index in [1.807, 2.05) is 42.5 Å². The predicted molar refractivity (Wildman–Crippen MR) is 122 cm³/mol. The minimum absolute atomic E-state index is 0.104. The molecule has 0 fully saturated rings. The second-order valence-electron chi connectivity index (χ2n) is 7.98. The molecule has 0 saturated carbocycles. The lowest BCUT2D eigenvalue weighted by molar-refractivity contribution is 0.103. The number of nitrogens with zero attached hydrogens (tertiary/aromatic N) is 1. The molecule has 1 atom stereocenters. The van der Waals surface area contributed by atoms with Crippen molar-refractivity contribution in [3.05, 3.63) is 103 Å². The van der Waals surface area contributed by atoms with Crippen LogP contribution in [0.4, 0.5) is 5.82 Å². The highest BCUT2D eigenvalue weighted by Gasteiger charge is 2.42. The maximum Gasteiger partial charge on any atom is 0.330 e. The van der Waals surface area contributed by atoms with Crippen molar-refractivity contribution < 1.29 is 9.53 Å². The van der Waals surface area contributed by atoms with Crippen LogP contribution in [0, 0.1) is 0 Å². The summed E-state index contributed by atoms with van der Waals surface area (Å²) in [6, 6.07) is 15.3. The van der Waals surface area contributed by atoms with E-state index in [-0.39, 0.29) is 12.3 Å². The van der Waals surface area contributed by atoms with Crippen LogP contribution in [0.25, 0.3) is 5.70 Å². The van der Waals surface area contributed by atoms with Crippen molar-refractivity contribution in [1.29, 1.82) is 0 Å². The number of anilines is 1. The number of benzene rings is 2. The molecule has 1 aliphatic carbocycles. The number of Topliss-reactive ketones (excluding diaryl/α,β-unsaturated/α-hetero) is 1. The Kier molecular flexibility index (Phi) is 4.90. The second kappa shape index (κ2) is 7.76. The molecule has 2 aliphatic rings. The van der Waals surface area contributed by atoms with Gasteiger partial charge in [0.2, 0.25) is 0 Å². The summed E-state index contributed by atoms with van der Waals surface area (Å²) in [6.07, 6.45) is 0.887. The molecule has 0 amide bonds.